The van der Waals surface area contributed by atoms with Crippen LogP contribution >= 0.6 is 19.4 Å². The first kappa shape index (κ1) is 5.07. The van der Waals surface area contributed by atoms with Crippen molar-refractivity contribution in [3.63, 3.8) is 0 Å². The van der Waals surface area contributed by atoms with Crippen molar-refractivity contribution < 1.29 is 13.5 Å². The van der Waals surface area contributed by atoms with Crippen LogP contribution < -0.4 is 0 Å². The molecule has 0 aromatic rings. The van der Waals surface area contributed by atoms with Crippen molar-refractivity contribution in [2.45, 2.75) is 0 Å². The van der Waals surface area contributed by atoms with E-state index in [2.05, 4.69) is 5.11 Å². The Balaban J connectivity index is 2.80. The van der Waals surface area contributed by atoms with Crippen molar-refractivity contribution >= 4 is 24.5 Å². The fourth-order valence-corrected chi connectivity index (χ4v) is 0. The molecule has 0 aliphatic carbocycles. The van der Waals surface area contributed by atoms with Crippen LogP contribution in [0, 0.1) is 0 Å². The SMILES string of the molecule is [CH2]=[Ru-2]([Cl])[Cl]. The van der Waals surface area contributed by atoms with Gasteiger partial charge in [0.25, 0.3) is 0 Å². The van der Waals surface area contributed by atoms with E-state index < -0.39 is 13.5 Å². The third-order valence-corrected chi connectivity index (χ3v) is 0. The maximum absolute atomic E-state index is 5.07. The fraction of sp³-hybridized carbons (Fsp3) is 0. The molecule has 0 aliphatic rings. The Morgan fingerprint density at radius 2 is 1.50 bits per heavy atom. The molecule has 3 heteroatoms. The van der Waals surface area contributed by atoms with Crippen LogP contribution in [0.4, 0.5) is 0 Å². The molecule has 0 atom stereocenters. The molecule has 0 saturated carbocycles. The summed E-state index contributed by atoms with van der Waals surface area (Å²) in [5.41, 5.74) is 0. The van der Waals surface area contributed by atoms with E-state index in [4.69, 9.17) is 19.4 Å². The topological polar surface area (TPSA) is 0 Å². The first-order valence-electron chi connectivity index (χ1n) is 0.517. The van der Waals surface area contributed by atoms with Gasteiger partial charge in [-0.1, -0.05) is 0 Å². The zero-order valence-electron chi connectivity index (χ0n) is 1.82. The molecule has 0 aromatic carbocycles. The van der Waals surface area contributed by atoms with Crippen molar-refractivity contribution in [3.8, 4) is 0 Å². The number of halogens is 2. The molecule has 0 radical (unpaired) electrons. The van der Waals surface area contributed by atoms with Crippen molar-refractivity contribution in [1.82, 2.24) is 0 Å². The summed E-state index contributed by atoms with van der Waals surface area (Å²) in [6.07, 6.45) is 0. The van der Waals surface area contributed by atoms with Crippen LogP contribution in [0.25, 0.3) is 0 Å². The van der Waals surface area contributed by atoms with Crippen LogP contribution in [-0.4, -0.2) is 5.11 Å². The Hall–Kier alpha value is 1.07. The first-order chi connectivity index (χ1) is 1.73. The van der Waals surface area contributed by atoms with E-state index in [1.165, 1.54) is 0 Å². The second kappa shape index (κ2) is 2.32. The molecular formula is CH2Cl2Ru-2. The fourth-order valence-electron chi connectivity index (χ4n) is 0. The van der Waals surface area contributed by atoms with Gasteiger partial charge in [0.1, 0.15) is 0 Å². The standard InChI is InChI=1S/CH2.2ClH.Ru/h1H2;2*1H;/p-2. The normalized spacial score (nSPS) is 11.0. The molecule has 0 N–H and O–H groups in total. The first-order valence-corrected chi connectivity index (χ1v) is 6.22. The van der Waals surface area contributed by atoms with Gasteiger partial charge in [0.15, 0.2) is 0 Å². The maximum atomic E-state index is 5.07. The van der Waals surface area contributed by atoms with Crippen molar-refractivity contribution in [2.24, 2.45) is 0 Å². The second-order valence-electron chi connectivity index (χ2n) is 0.239. The quantitative estimate of drug-likeness (QED) is 0.501. The molecule has 0 rings (SSSR count). The van der Waals surface area contributed by atoms with Gasteiger partial charge < -0.3 is 0 Å². The Morgan fingerprint density at radius 1 is 1.50 bits per heavy atom. The molecule has 30 valence electrons. The van der Waals surface area contributed by atoms with Gasteiger partial charge in [-0.15, -0.1) is 0 Å². The minimum absolute atomic E-state index is 1.48. The van der Waals surface area contributed by atoms with E-state index >= 15 is 0 Å². The van der Waals surface area contributed by atoms with Gasteiger partial charge >= 0.3 is 38.0 Å². The van der Waals surface area contributed by atoms with Crippen LogP contribution in [0.5, 0.6) is 0 Å². The number of hydrogen-bond donors (Lipinski definition) is 0. The molecule has 0 aromatic heterocycles. The van der Waals surface area contributed by atoms with E-state index in [1.54, 1.807) is 0 Å². The average Bonchev–Trinajstić information content (AvgIpc) is 0.811. The van der Waals surface area contributed by atoms with Crippen LogP contribution in [0.15, 0.2) is 0 Å². The predicted octanol–water partition coefficient (Wildman–Crippen LogP) is 1.34. The third kappa shape index (κ3) is 11.5. The van der Waals surface area contributed by atoms with Crippen LogP contribution in [0.1, 0.15) is 0 Å². The van der Waals surface area contributed by atoms with E-state index in [0.29, 0.717) is 0 Å². The van der Waals surface area contributed by atoms with E-state index in [1.807, 2.05) is 0 Å². The summed E-state index contributed by atoms with van der Waals surface area (Å²) in [5.74, 6) is 0. The predicted molar refractivity (Wildman–Crippen MR) is 18.8 cm³/mol. The molecule has 0 saturated heterocycles. The van der Waals surface area contributed by atoms with Crippen molar-refractivity contribution in [3.05, 3.63) is 0 Å². The number of hydrogen-bond acceptors (Lipinski definition) is 0. The van der Waals surface area contributed by atoms with E-state index in [-0.39, 0.29) is 0 Å². The van der Waals surface area contributed by atoms with Crippen LogP contribution in [0.2, 0.25) is 0 Å². The molecule has 0 heterocycles. The summed E-state index contributed by atoms with van der Waals surface area (Å²) in [6.45, 7) is 0. The zero-order chi connectivity index (χ0) is 3.58. The Bertz CT molecular complexity index is 29.0. The Morgan fingerprint density at radius 3 is 1.50 bits per heavy atom. The molecule has 0 spiro atoms. The molecule has 4 heavy (non-hydrogen) atoms. The summed E-state index contributed by atoms with van der Waals surface area (Å²) < 4.78 is 0. The van der Waals surface area contributed by atoms with E-state index in [0.717, 1.165) is 0 Å². The molecule has 0 amide bonds. The molecule has 0 fully saturated rings. The second-order valence-corrected chi connectivity index (χ2v) is 6.04. The summed E-state index contributed by atoms with van der Waals surface area (Å²) >= 11 is -1.48. The summed E-state index contributed by atoms with van der Waals surface area (Å²) in [5, 5.41) is 3.31. The van der Waals surface area contributed by atoms with Crippen LogP contribution in [-0.2, 0) is 13.5 Å². The van der Waals surface area contributed by atoms with Crippen LogP contribution in [0.3, 0.4) is 0 Å². The number of rotatable bonds is 0. The molecular weight excluding hydrogens is 184 g/mol. The van der Waals surface area contributed by atoms with Gasteiger partial charge in [-0.2, -0.15) is 0 Å². The van der Waals surface area contributed by atoms with Gasteiger partial charge in [0.05, 0.1) is 0 Å². The van der Waals surface area contributed by atoms with Crippen molar-refractivity contribution in [2.75, 3.05) is 0 Å². The summed E-state index contributed by atoms with van der Waals surface area (Å²) in [4.78, 5) is 0. The summed E-state index contributed by atoms with van der Waals surface area (Å²) in [7, 11) is 10.1. The van der Waals surface area contributed by atoms with Gasteiger partial charge in [-0.05, 0) is 0 Å². The van der Waals surface area contributed by atoms with Crippen molar-refractivity contribution in [1.29, 1.82) is 0 Å². The molecule has 0 aliphatic heterocycles. The van der Waals surface area contributed by atoms with Gasteiger partial charge in [0, 0.05) is 0 Å². The third-order valence-electron chi connectivity index (χ3n) is 0. The zero-order valence-corrected chi connectivity index (χ0v) is 5.07. The monoisotopic (exact) mass is 186 g/mol. The van der Waals surface area contributed by atoms with E-state index in [9.17, 15) is 0 Å². The molecule has 0 bridgehead atoms. The van der Waals surface area contributed by atoms with Gasteiger partial charge in [-0.25, -0.2) is 0 Å². The summed E-state index contributed by atoms with van der Waals surface area (Å²) in [6, 6.07) is 0. The van der Waals surface area contributed by atoms with Gasteiger partial charge in [-0.3, -0.25) is 0 Å². The van der Waals surface area contributed by atoms with Gasteiger partial charge in [0.2, 0.25) is 0 Å². The minimum atomic E-state index is -1.48. The molecule has 0 unspecified atom stereocenters. The average molecular weight is 186 g/mol. The molecule has 0 nitrogen and oxygen atoms in total. The Kier molecular flexibility index (Phi) is 2.94. The Labute approximate surface area is 38.2 Å².